The van der Waals surface area contributed by atoms with Crippen molar-refractivity contribution < 1.29 is 13.2 Å². The molecule has 1 amide bonds. The maximum absolute atomic E-state index is 13.2. The number of carbonyl (C=O) groups is 1. The number of benzene rings is 2. The second-order valence-electron chi connectivity index (χ2n) is 6.56. The summed E-state index contributed by atoms with van der Waals surface area (Å²) in [5, 5.41) is 3.25. The third-order valence-corrected chi connectivity index (χ3v) is 6.14. The zero-order valence-electron chi connectivity index (χ0n) is 15.8. The van der Waals surface area contributed by atoms with Gasteiger partial charge in [0.25, 0.3) is 10.0 Å². The van der Waals surface area contributed by atoms with Crippen molar-refractivity contribution in [3.05, 3.63) is 59.1 Å². The maximum atomic E-state index is 13.2. The predicted octanol–water partition coefficient (Wildman–Crippen LogP) is 4.15. The Balaban J connectivity index is 2.38. The Labute approximate surface area is 166 Å². The SMILES string of the molecule is CCC[C@H](C)NC(=O)CN(c1cccc(Cl)c1)S(=O)(=O)c1ccc(C)cc1. The van der Waals surface area contributed by atoms with Gasteiger partial charge in [-0.15, -0.1) is 0 Å². The minimum atomic E-state index is -3.92. The van der Waals surface area contributed by atoms with Gasteiger partial charge in [0.2, 0.25) is 5.91 Å². The number of halogens is 1. The maximum Gasteiger partial charge on any atom is 0.264 e. The van der Waals surface area contributed by atoms with E-state index in [1.807, 2.05) is 20.8 Å². The Morgan fingerprint density at radius 1 is 1.19 bits per heavy atom. The molecule has 0 radical (unpaired) electrons. The fraction of sp³-hybridized carbons (Fsp3) is 0.350. The van der Waals surface area contributed by atoms with Crippen molar-refractivity contribution in [1.29, 1.82) is 0 Å². The van der Waals surface area contributed by atoms with Crippen molar-refractivity contribution in [2.24, 2.45) is 0 Å². The molecule has 7 heteroatoms. The molecule has 0 aliphatic carbocycles. The number of sulfonamides is 1. The van der Waals surface area contributed by atoms with E-state index in [9.17, 15) is 13.2 Å². The van der Waals surface area contributed by atoms with Crippen molar-refractivity contribution in [2.75, 3.05) is 10.8 Å². The quantitative estimate of drug-likeness (QED) is 0.713. The van der Waals surface area contributed by atoms with Crippen LogP contribution in [0.2, 0.25) is 5.02 Å². The van der Waals surface area contributed by atoms with Gasteiger partial charge in [-0.1, -0.05) is 48.7 Å². The Hall–Kier alpha value is -2.05. The van der Waals surface area contributed by atoms with E-state index in [2.05, 4.69) is 5.32 Å². The molecule has 0 saturated carbocycles. The zero-order chi connectivity index (χ0) is 20.0. The van der Waals surface area contributed by atoms with Crippen LogP contribution in [0.15, 0.2) is 53.4 Å². The molecule has 0 aromatic heterocycles. The van der Waals surface area contributed by atoms with E-state index in [0.717, 1.165) is 22.7 Å². The van der Waals surface area contributed by atoms with Gasteiger partial charge >= 0.3 is 0 Å². The first-order chi connectivity index (χ1) is 12.7. The van der Waals surface area contributed by atoms with Crippen LogP contribution >= 0.6 is 11.6 Å². The predicted molar refractivity (Wildman–Crippen MR) is 110 cm³/mol. The first-order valence-corrected chi connectivity index (χ1v) is 10.7. The number of nitrogens with zero attached hydrogens (tertiary/aromatic N) is 1. The number of aryl methyl sites for hydroxylation is 1. The number of hydrogen-bond acceptors (Lipinski definition) is 3. The van der Waals surface area contributed by atoms with E-state index in [4.69, 9.17) is 11.6 Å². The molecule has 2 aromatic carbocycles. The van der Waals surface area contributed by atoms with E-state index < -0.39 is 10.0 Å². The Bertz CT molecular complexity index is 882. The molecule has 5 nitrogen and oxygen atoms in total. The monoisotopic (exact) mass is 408 g/mol. The van der Waals surface area contributed by atoms with Gasteiger partial charge in [0.1, 0.15) is 6.54 Å². The molecule has 1 N–H and O–H groups in total. The highest BCUT2D eigenvalue weighted by atomic mass is 35.5. The lowest BCUT2D eigenvalue weighted by Crippen LogP contribution is -2.43. The molecule has 0 saturated heterocycles. The summed E-state index contributed by atoms with van der Waals surface area (Å²) in [6.45, 7) is 5.50. The van der Waals surface area contributed by atoms with E-state index >= 15 is 0 Å². The third kappa shape index (κ3) is 5.71. The first-order valence-electron chi connectivity index (χ1n) is 8.88. The summed E-state index contributed by atoms with van der Waals surface area (Å²) in [5.41, 5.74) is 1.30. The van der Waals surface area contributed by atoms with Crippen molar-refractivity contribution in [3.8, 4) is 0 Å². The standard InChI is InChI=1S/C20H25ClN2O3S/c1-4-6-16(3)22-20(24)14-23(18-8-5-7-17(21)13-18)27(25,26)19-11-9-15(2)10-12-19/h5,7-13,16H,4,6,14H2,1-3H3,(H,22,24)/t16-/m0/s1. The number of hydrogen-bond donors (Lipinski definition) is 1. The molecular formula is C20H25ClN2O3S. The van der Waals surface area contributed by atoms with Crippen LogP contribution in [-0.4, -0.2) is 26.9 Å². The summed E-state index contributed by atoms with van der Waals surface area (Å²) in [4.78, 5) is 12.6. The van der Waals surface area contributed by atoms with Crippen molar-refractivity contribution in [1.82, 2.24) is 5.32 Å². The summed E-state index contributed by atoms with van der Waals surface area (Å²) in [6, 6.07) is 13.0. The molecule has 0 spiro atoms. The Morgan fingerprint density at radius 2 is 1.85 bits per heavy atom. The van der Waals surface area contributed by atoms with Gasteiger partial charge in [0, 0.05) is 11.1 Å². The number of anilines is 1. The molecule has 0 heterocycles. The lowest BCUT2D eigenvalue weighted by Gasteiger charge is -2.25. The fourth-order valence-electron chi connectivity index (χ4n) is 2.74. The molecule has 27 heavy (non-hydrogen) atoms. The summed E-state index contributed by atoms with van der Waals surface area (Å²) >= 11 is 6.05. The van der Waals surface area contributed by atoms with E-state index in [1.165, 1.54) is 6.07 Å². The van der Waals surface area contributed by atoms with Crippen LogP contribution in [0.25, 0.3) is 0 Å². The van der Waals surface area contributed by atoms with Crippen LogP contribution in [0.3, 0.4) is 0 Å². The molecule has 0 bridgehead atoms. The lowest BCUT2D eigenvalue weighted by molar-refractivity contribution is -0.120. The fourth-order valence-corrected chi connectivity index (χ4v) is 4.34. The minimum Gasteiger partial charge on any atom is -0.352 e. The molecule has 146 valence electrons. The van der Waals surface area contributed by atoms with Crippen molar-refractivity contribution >= 4 is 33.2 Å². The van der Waals surface area contributed by atoms with Crippen molar-refractivity contribution in [3.63, 3.8) is 0 Å². The molecule has 0 aliphatic heterocycles. The second-order valence-corrected chi connectivity index (χ2v) is 8.86. The third-order valence-electron chi connectivity index (χ3n) is 4.12. The Kier molecular flexibility index (Phi) is 7.27. The van der Waals surface area contributed by atoms with Crippen LogP contribution < -0.4 is 9.62 Å². The van der Waals surface area contributed by atoms with Crippen molar-refractivity contribution in [2.45, 2.75) is 44.6 Å². The first kappa shape index (κ1) is 21.3. The van der Waals surface area contributed by atoms with Gasteiger partial charge < -0.3 is 5.32 Å². The number of nitrogens with one attached hydrogen (secondary N) is 1. The summed E-state index contributed by atoms with van der Waals surface area (Å²) in [6.07, 6.45) is 1.76. The molecule has 1 atom stereocenters. The molecule has 0 aliphatic rings. The summed E-state index contributed by atoms with van der Waals surface area (Å²) in [7, 11) is -3.92. The molecule has 2 rings (SSSR count). The van der Waals surface area contributed by atoms with Crippen LogP contribution in [0.1, 0.15) is 32.3 Å². The number of rotatable bonds is 8. The average Bonchev–Trinajstić information content (AvgIpc) is 2.60. The van der Waals surface area contributed by atoms with Gasteiger partial charge in [-0.2, -0.15) is 0 Å². The van der Waals surface area contributed by atoms with Gasteiger partial charge in [-0.25, -0.2) is 8.42 Å². The number of carbonyl (C=O) groups excluding carboxylic acids is 1. The molecular weight excluding hydrogens is 384 g/mol. The average molecular weight is 409 g/mol. The minimum absolute atomic E-state index is 0.0224. The summed E-state index contributed by atoms with van der Waals surface area (Å²) in [5.74, 6) is -0.355. The highest BCUT2D eigenvalue weighted by Gasteiger charge is 2.27. The molecule has 0 fully saturated rings. The van der Waals surface area contributed by atoms with Crippen LogP contribution in [0.5, 0.6) is 0 Å². The van der Waals surface area contributed by atoms with E-state index in [0.29, 0.717) is 10.7 Å². The van der Waals surface area contributed by atoms with E-state index in [1.54, 1.807) is 42.5 Å². The highest BCUT2D eigenvalue weighted by Crippen LogP contribution is 2.26. The largest absolute Gasteiger partial charge is 0.352 e. The molecule has 0 unspecified atom stereocenters. The number of amides is 1. The van der Waals surface area contributed by atoms with Gasteiger partial charge in [0.15, 0.2) is 0 Å². The van der Waals surface area contributed by atoms with E-state index in [-0.39, 0.29) is 23.4 Å². The second kappa shape index (κ2) is 9.24. The smallest absolute Gasteiger partial charge is 0.264 e. The topological polar surface area (TPSA) is 66.5 Å². The van der Waals surface area contributed by atoms with Crippen LogP contribution in [0, 0.1) is 6.92 Å². The van der Waals surface area contributed by atoms with Crippen LogP contribution in [-0.2, 0) is 14.8 Å². The van der Waals surface area contributed by atoms with Gasteiger partial charge in [-0.3, -0.25) is 9.10 Å². The zero-order valence-corrected chi connectivity index (χ0v) is 17.3. The normalized spacial score (nSPS) is 12.4. The molecule has 2 aromatic rings. The summed E-state index contributed by atoms with van der Waals surface area (Å²) < 4.78 is 27.5. The van der Waals surface area contributed by atoms with Gasteiger partial charge in [-0.05, 0) is 50.6 Å². The van der Waals surface area contributed by atoms with Crippen LogP contribution in [0.4, 0.5) is 5.69 Å². The Morgan fingerprint density at radius 3 is 2.44 bits per heavy atom. The highest BCUT2D eigenvalue weighted by molar-refractivity contribution is 7.92. The van der Waals surface area contributed by atoms with Gasteiger partial charge in [0.05, 0.1) is 10.6 Å². The lowest BCUT2D eigenvalue weighted by atomic mass is 10.2.